The number of ether oxygens (including phenoxy) is 1. The molecule has 0 aliphatic heterocycles. The van der Waals surface area contributed by atoms with E-state index in [1.165, 1.54) is 30.0 Å². The van der Waals surface area contributed by atoms with Gasteiger partial charge in [0.1, 0.15) is 0 Å². The highest BCUT2D eigenvalue weighted by atomic mass is 16.6. The van der Waals surface area contributed by atoms with Gasteiger partial charge in [0, 0.05) is 25.2 Å². The van der Waals surface area contributed by atoms with Crippen LogP contribution in [0.2, 0.25) is 0 Å². The molecular formula is C18H18N2O5. The van der Waals surface area contributed by atoms with Crippen molar-refractivity contribution in [3.05, 3.63) is 75.3 Å². The summed E-state index contributed by atoms with van der Waals surface area (Å²) in [5.74, 6) is -1.12. The Labute approximate surface area is 145 Å². The molecule has 0 saturated heterocycles. The van der Waals surface area contributed by atoms with Gasteiger partial charge in [0.2, 0.25) is 0 Å². The van der Waals surface area contributed by atoms with Crippen molar-refractivity contribution in [2.75, 3.05) is 13.7 Å². The molecule has 130 valence electrons. The summed E-state index contributed by atoms with van der Waals surface area (Å²) in [6, 6.07) is 13.6. The summed E-state index contributed by atoms with van der Waals surface area (Å²) in [5.41, 5.74) is 1.08. The van der Waals surface area contributed by atoms with Crippen LogP contribution in [0.4, 0.5) is 5.69 Å². The number of benzene rings is 2. The summed E-state index contributed by atoms with van der Waals surface area (Å²) in [5, 5.41) is 10.9. The van der Waals surface area contributed by atoms with E-state index in [4.69, 9.17) is 4.74 Å². The van der Waals surface area contributed by atoms with Gasteiger partial charge in [-0.25, -0.2) is 4.79 Å². The number of carbonyl (C=O) groups is 2. The number of nitrogens with zero attached hydrogens (tertiary/aromatic N) is 2. The molecule has 7 heteroatoms. The predicted molar refractivity (Wildman–Crippen MR) is 91.0 cm³/mol. The second-order valence-electron chi connectivity index (χ2n) is 5.52. The lowest BCUT2D eigenvalue weighted by Crippen LogP contribution is -2.30. The Morgan fingerprint density at radius 2 is 1.80 bits per heavy atom. The van der Waals surface area contributed by atoms with Gasteiger partial charge in [-0.3, -0.25) is 14.9 Å². The van der Waals surface area contributed by atoms with Gasteiger partial charge in [0.15, 0.2) is 6.61 Å². The standard InChI is InChI=1S/C18H18N2O5/c1-13-15(9-6-10-16(13)20(23)24)18(22)25-12-17(21)19(2)11-14-7-4-3-5-8-14/h3-10H,11-12H2,1-2H3. The van der Waals surface area contributed by atoms with E-state index < -0.39 is 17.5 Å². The van der Waals surface area contributed by atoms with Gasteiger partial charge in [-0.2, -0.15) is 0 Å². The van der Waals surface area contributed by atoms with E-state index in [9.17, 15) is 19.7 Å². The Balaban J connectivity index is 1.96. The summed E-state index contributed by atoms with van der Waals surface area (Å²) in [7, 11) is 1.61. The Morgan fingerprint density at radius 1 is 1.12 bits per heavy atom. The van der Waals surface area contributed by atoms with Gasteiger partial charge in [0.25, 0.3) is 11.6 Å². The maximum Gasteiger partial charge on any atom is 0.339 e. The molecule has 0 aliphatic carbocycles. The molecule has 2 aromatic rings. The fraction of sp³-hybridized carbons (Fsp3) is 0.222. The number of nitro benzene ring substituents is 1. The molecule has 7 nitrogen and oxygen atoms in total. The van der Waals surface area contributed by atoms with Gasteiger partial charge < -0.3 is 9.64 Å². The van der Waals surface area contributed by atoms with Crippen molar-refractivity contribution in [2.45, 2.75) is 13.5 Å². The first-order valence-corrected chi connectivity index (χ1v) is 7.59. The van der Waals surface area contributed by atoms with Gasteiger partial charge in [0.05, 0.1) is 10.5 Å². The van der Waals surface area contributed by atoms with E-state index in [1.807, 2.05) is 30.3 Å². The minimum absolute atomic E-state index is 0.0766. The van der Waals surface area contributed by atoms with Crippen LogP contribution in [0.25, 0.3) is 0 Å². The first-order chi connectivity index (χ1) is 11.9. The number of hydrogen-bond donors (Lipinski definition) is 0. The average molecular weight is 342 g/mol. The van der Waals surface area contributed by atoms with Gasteiger partial charge >= 0.3 is 5.97 Å². The van der Waals surface area contributed by atoms with Crippen molar-refractivity contribution in [1.82, 2.24) is 4.90 Å². The van der Waals surface area contributed by atoms with E-state index in [-0.39, 0.29) is 22.7 Å². The molecule has 0 aliphatic rings. The fourth-order valence-electron chi connectivity index (χ4n) is 2.30. The minimum Gasteiger partial charge on any atom is -0.452 e. The van der Waals surface area contributed by atoms with E-state index in [1.54, 1.807) is 7.05 Å². The van der Waals surface area contributed by atoms with Gasteiger partial charge in [-0.15, -0.1) is 0 Å². The van der Waals surface area contributed by atoms with Crippen LogP contribution >= 0.6 is 0 Å². The molecule has 0 heterocycles. The molecule has 2 rings (SSSR count). The summed E-state index contributed by atoms with van der Waals surface area (Å²) in [6.45, 7) is 1.44. The van der Waals surface area contributed by atoms with Crippen LogP contribution in [-0.2, 0) is 16.1 Å². The van der Waals surface area contributed by atoms with Crippen LogP contribution < -0.4 is 0 Å². The Hall–Kier alpha value is -3.22. The number of nitro groups is 1. The fourth-order valence-corrected chi connectivity index (χ4v) is 2.30. The maximum absolute atomic E-state index is 12.1. The molecule has 2 aromatic carbocycles. The molecule has 0 spiro atoms. The van der Waals surface area contributed by atoms with Crippen molar-refractivity contribution >= 4 is 17.6 Å². The molecule has 0 atom stereocenters. The van der Waals surface area contributed by atoms with E-state index >= 15 is 0 Å². The third-order valence-electron chi connectivity index (χ3n) is 3.74. The summed E-state index contributed by atoms with van der Waals surface area (Å²) >= 11 is 0. The normalized spacial score (nSPS) is 10.2. The highest BCUT2D eigenvalue weighted by Crippen LogP contribution is 2.21. The van der Waals surface area contributed by atoms with Gasteiger partial charge in [-0.1, -0.05) is 36.4 Å². The molecule has 0 saturated carbocycles. The average Bonchev–Trinajstić information content (AvgIpc) is 2.60. The minimum atomic E-state index is -0.761. The molecule has 0 fully saturated rings. The monoisotopic (exact) mass is 342 g/mol. The summed E-state index contributed by atoms with van der Waals surface area (Å²) in [4.78, 5) is 36.0. The van der Waals surface area contributed by atoms with Crippen molar-refractivity contribution in [2.24, 2.45) is 0 Å². The highest BCUT2D eigenvalue weighted by Gasteiger charge is 2.20. The number of hydrogen-bond acceptors (Lipinski definition) is 5. The van der Waals surface area contributed by atoms with Crippen LogP contribution in [-0.4, -0.2) is 35.4 Å². The Morgan fingerprint density at radius 3 is 2.44 bits per heavy atom. The molecule has 0 unspecified atom stereocenters. The molecular weight excluding hydrogens is 324 g/mol. The molecule has 0 radical (unpaired) electrons. The van der Waals surface area contributed by atoms with Crippen molar-refractivity contribution in [3.63, 3.8) is 0 Å². The Kier molecular flexibility index (Phi) is 5.84. The first-order valence-electron chi connectivity index (χ1n) is 7.59. The van der Waals surface area contributed by atoms with Crippen molar-refractivity contribution in [3.8, 4) is 0 Å². The van der Waals surface area contributed by atoms with Crippen LogP contribution in [0, 0.1) is 17.0 Å². The number of carbonyl (C=O) groups excluding carboxylic acids is 2. The van der Waals surface area contributed by atoms with Crippen LogP contribution in [0.5, 0.6) is 0 Å². The first kappa shape index (κ1) is 18.1. The predicted octanol–water partition coefficient (Wildman–Crippen LogP) is 2.72. The van der Waals surface area contributed by atoms with Crippen molar-refractivity contribution in [1.29, 1.82) is 0 Å². The van der Waals surface area contributed by atoms with Crippen LogP contribution in [0.1, 0.15) is 21.5 Å². The topological polar surface area (TPSA) is 89.8 Å². The lowest BCUT2D eigenvalue weighted by Gasteiger charge is -2.17. The number of likely N-dealkylation sites (N-methyl/N-ethyl adjacent to an activating group) is 1. The van der Waals surface area contributed by atoms with E-state index in [2.05, 4.69) is 0 Å². The number of esters is 1. The highest BCUT2D eigenvalue weighted by molar-refractivity contribution is 5.93. The zero-order chi connectivity index (χ0) is 18.4. The number of rotatable bonds is 6. The van der Waals surface area contributed by atoms with Crippen LogP contribution in [0.3, 0.4) is 0 Å². The van der Waals surface area contributed by atoms with E-state index in [0.29, 0.717) is 6.54 Å². The lowest BCUT2D eigenvalue weighted by molar-refractivity contribution is -0.385. The van der Waals surface area contributed by atoms with E-state index in [0.717, 1.165) is 5.56 Å². The lowest BCUT2D eigenvalue weighted by atomic mass is 10.1. The third-order valence-corrected chi connectivity index (χ3v) is 3.74. The molecule has 0 aromatic heterocycles. The quantitative estimate of drug-likeness (QED) is 0.457. The molecule has 0 N–H and O–H groups in total. The number of amides is 1. The summed E-state index contributed by atoms with van der Waals surface area (Å²) in [6.07, 6.45) is 0. The third kappa shape index (κ3) is 4.63. The SMILES string of the molecule is Cc1c(C(=O)OCC(=O)N(C)Cc2ccccc2)cccc1[N+](=O)[O-]. The molecule has 0 bridgehead atoms. The second-order valence-corrected chi connectivity index (χ2v) is 5.52. The molecule has 1 amide bonds. The van der Waals surface area contributed by atoms with Gasteiger partial charge in [-0.05, 0) is 18.6 Å². The second kappa shape index (κ2) is 8.05. The molecule has 25 heavy (non-hydrogen) atoms. The zero-order valence-electron chi connectivity index (χ0n) is 14.0. The van der Waals surface area contributed by atoms with Crippen LogP contribution in [0.15, 0.2) is 48.5 Å². The maximum atomic E-state index is 12.1. The van der Waals surface area contributed by atoms with Crippen molar-refractivity contribution < 1.29 is 19.2 Å². The summed E-state index contributed by atoms with van der Waals surface area (Å²) < 4.78 is 5.01. The smallest absolute Gasteiger partial charge is 0.339 e. The largest absolute Gasteiger partial charge is 0.452 e. The Bertz CT molecular complexity index is 789. The zero-order valence-corrected chi connectivity index (χ0v) is 14.0.